The number of H-pyrrole nitrogens is 1. The molecule has 1 aromatic carbocycles. The first kappa shape index (κ1) is 13.0. The Bertz CT molecular complexity index is 502. The van der Waals surface area contributed by atoms with Gasteiger partial charge in [0, 0.05) is 23.6 Å². The van der Waals surface area contributed by atoms with E-state index in [2.05, 4.69) is 49.2 Å². The summed E-state index contributed by atoms with van der Waals surface area (Å²) >= 11 is 0. The van der Waals surface area contributed by atoms with Crippen molar-refractivity contribution in [3.63, 3.8) is 0 Å². The van der Waals surface area contributed by atoms with E-state index in [0.29, 0.717) is 0 Å². The number of ether oxygens (including phenoxy) is 1. The Kier molecular flexibility index (Phi) is 4.26. The molecule has 0 radical (unpaired) electrons. The summed E-state index contributed by atoms with van der Waals surface area (Å²) in [7, 11) is 4.20. The molecule has 0 unspecified atom stereocenters. The summed E-state index contributed by atoms with van der Waals surface area (Å²) in [6.45, 7) is 3.96. The number of rotatable bonds is 6. The molecule has 1 heterocycles. The van der Waals surface area contributed by atoms with Crippen molar-refractivity contribution in [3.05, 3.63) is 30.0 Å². The van der Waals surface area contributed by atoms with E-state index in [4.69, 9.17) is 4.74 Å². The molecule has 18 heavy (non-hydrogen) atoms. The van der Waals surface area contributed by atoms with Crippen LogP contribution in [0.5, 0.6) is 5.75 Å². The SMILES string of the molecule is CCCOc1cccc2[nH]cc(CCN(C)C)c12. The first-order chi connectivity index (χ1) is 8.72. The van der Waals surface area contributed by atoms with E-state index < -0.39 is 0 Å². The van der Waals surface area contributed by atoms with Crippen molar-refractivity contribution in [2.45, 2.75) is 19.8 Å². The van der Waals surface area contributed by atoms with Crippen molar-refractivity contribution in [2.75, 3.05) is 27.2 Å². The summed E-state index contributed by atoms with van der Waals surface area (Å²) in [6.07, 6.45) is 4.18. The average molecular weight is 246 g/mol. The molecule has 2 aromatic rings. The number of nitrogens with one attached hydrogen (secondary N) is 1. The molecule has 3 heteroatoms. The summed E-state index contributed by atoms with van der Waals surface area (Å²) in [5.41, 5.74) is 2.50. The minimum absolute atomic E-state index is 0.775. The van der Waals surface area contributed by atoms with Gasteiger partial charge < -0.3 is 14.6 Å². The second-order valence-corrected chi connectivity index (χ2v) is 4.89. The molecule has 0 saturated carbocycles. The molecular formula is C15H22N2O. The Labute approximate surface area is 109 Å². The van der Waals surface area contributed by atoms with Gasteiger partial charge in [-0.2, -0.15) is 0 Å². The summed E-state index contributed by atoms with van der Waals surface area (Å²) in [5.74, 6) is 1.00. The molecule has 0 aliphatic rings. The molecule has 0 saturated heterocycles. The minimum atomic E-state index is 0.775. The predicted octanol–water partition coefficient (Wildman–Crippen LogP) is 3.06. The van der Waals surface area contributed by atoms with Crippen molar-refractivity contribution >= 4 is 10.9 Å². The van der Waals surface area contributed by atoms with Crippen molar-refractivity contribution in [2.24, 2.45) is 0 Å². The summed E-state index contributed by atoms with van der Waals surface area (Å²) in [4.78, 5) is 5.53. The molecule has 0 aliphatic heterocycles. The fraction of sp³-hybridized carbons (Fsp3) is 0.467. The highest BCUT2D eigenvalue weighted by molar-refractivity contribution is 5.89. The second-order valence-electron chi connectivity index (χ2n) is 4.89. The van der Waals surface area contributed by atoms with E-state index >= 15 is 0 Å². The molecule has 1 aromatic heterocycles. The van der Waals surface area contributed by atoms with E-state index in [0.717, 1.165) is 37.3 Å². The highest BCUT2D eigenvalue weighted by atomic mass is 16.5. The van der Waals surface area contributed by atoms with Gasteiger partial charge in [0.1, 0.15) is 5.75 Å². The third kappa shape index (κ3) is 2.85. The van der Waals surface area contributed by atoms with Gasteiger partial charge in [-0.25, -0.2) is 0 Å². The van der Waals surface area contributed by atoms with Crippen LogP contribution in [0.4, 0.5) is 0 Å². The van der Waals surface area contributed by atoms with Gasteiger partial charge in [0.05, 0.1) is 6.61 Å². The number of hydrogen-bond donors (Lipinski definition) is 1. The lowest BCUT2D eigenvalue weighted by Gasteiger charge is -2.10. The Morgan fingerprint density at radius 2 is 2.11 bits per heavy atom. The van der Waals surface area contributed by atoms with Gasteiger partial charge in [-0.3, -0.25) is 0 Å². The van der Waals surface area contributed by atoms with Crippen LogP contribution in [0.15, 0.2) is 24.4 Å². The maximum absolute atomic E-state index is 5.84. The molecule has 3 nitrogen and oxygen atoms in total. The molecule has 0 atom stereocenters. The number of likely N-dealkylation sites (N-methyl/N-ethyl adjacent to an activating group) is 1. The Balaban J connectivity index is 2.29. The summed E-state index contributed by atoms with van der Waals surface area (Å²) in [6, 6.07) is 6.21. The Morgan fingerprint density at radius 1 is 1.28 bits per heavy atom. The lowest BCUT2D eigenvalue weighted by Crippen LogP contribution is -2.14. The third-order valence-corrected chi connectivity index (χ3v) is 3.04. The minimum Gasteiger partial charge on any atom is -0.493 e. The maximum atomic E-state index is 5.84. The molecule has 0 fully saturated rings. The maximum Gasteiger partial charge on any atom is 0.128 e. The van der Waals surface area contributed by atoms with Crippen LogP contribution in [0, 0.1) is 0 Å². The van der Waals surface area contributed by atoms with Crippen molar-refractivity contribution in [1.29, 1.82) is 0 Å². The highest BCUT2D eigenvalue weighted by Gasteiger charge is 2.09. The van der Waals surface area contributed by atoms with Crippen LogP contribution in [-0.4, -0.2) is 37.1 Å². The van der Waals surface area contributed by atoms with Crippen LogP contribution >= 0.6 is 0 Å². The van der Waals surface area contributed by atoms with Gasteiger partial charge in [0.2, 0.25) is 0 Å². The largest absolute Gasteiger partial charge is 0.493 e. The zero-order valence-corrected chi connectivity index (χ0v) is 11.5. The standard InChI is InChI=1S/C15H22N2O/c1-4-10-18-14-7-5-6-13-15(14)12(11-16-13)8-9-17(2)3/h5-7,11,16H,4,8-10H2,1-3H3. The zero-order chi connectivity index (χ0) is 13.0. The molecule has 2 rings (SSSR count). The van der Waals surface area contributed by atoms with E-state index in [9.17, 15) is 0 Å². The molecule has 0 aliphatic carbocycles. The topological polar surface area (TPSA) is 28.3 Å². The van der Waals surface area contributed by atoms with Crippen LogP contribution in [0.2, 0.25) is 0 Å². The first-order valence-corrected chi connectivity index (χ1v) is 6.59. The number of benzene rings is 1. The van der Waals surface area contributed by atoms with Gasteiger partial charge >= 0.3 is 0 Å². The number of hydrogen-bond acceptors (Lipinski definition) is 2. The second kappa shape index (κ2) is 5.91. The fourth-order valence-corrected chi connectivity index (χ4v) is 2.09. The molecule has 1 N–H and O–H groups in total. The normalized spacial score (nSPS) is 11.3. The summed E-state index contributed by atoms with van der Waals surface area (Å²) < 4.78 is 5.84. The number of nitrogens with zero attached hydrogens (tertiary/aromatic N) is 1. The third-order valence-electron chi connectivity index (χ3n) is 3.04. The average Bonchev–Trinajstić information content (AvgIpc) is 2.77. The summed E-state index contributed by atoms with van der Waals surface area (Å²) in [5, 5.41) is 1.24. The smallest absolute Gasteiger partial charge is 0.128 e. The Hall–Kier alpha value is -1.48. The highest BCUT2D eigenvalue weighted by Crippen LogP contribution is 2.29. The van der Waals surface area contributed by atoms with Crippen LogP contribution in [0.3, 0.4) is 0 Å². The lowest BCUT2D eigenvalue weighted by molar-refractivity contribution is 0.321. The number of aromatic nitrogens is 1. The lowest BCUT2D eigenvalue weighted by atomic mass is 10.1. The van der Waals surface area contributed by atoms with Gasteiger partial charge in [0.25, 0.3) is 0 Å². The molecule has 0 bridgehead atoms. The van der Waals surface area contributed by atoms with E-state index in [1.54, 1.807) is 0 Å². The molecule has 0 amide bonds. The quantitative estimate of drug-likeness (QED) is 0.848. The monoisotopic (exact) mass is 246 g/mol. The van der Waals surface area contributed by atoms with E-state index in [-0.39, 0.29) is 0 Å². The van der Waals surface area contributed by atoms with Crippen molar-refractivity contribution in [1.82, 2.24) is 9.88 Å². The van der Waals surface area contributed by atoms with Crippen LogP contribution in [-0.2, 0) is 6.42 Å². The number of fused-ring (bicyclic) bond motifs is 1. The van der Waals surface area contributed by atoms with Crippen molar-refractivity contribution < 1.29 is 4.74 Å². The Morgan fingerprint density at radius 3 is 2.83 bits per heavy atom. The molecular weight excluding hydrogens is 224 g/mol. The molecule has 98 valence electrons. The predicted molar refractivity (Wildman–Crippen MR) is 76.3 cm³/mol. The van der Waals surface area contributed by atoms with E-state index in [1.165, 1.54) is 10.9 Å². The number of aromatic amines is 1. The zero-order valence-electron chi connectivity index (χ0n) is 11.5. The van der Waals surface area contributed by atoms with Crippen LogP contribution in [0.1, 0.15) is 18.9 Å². The van der Waals surface area contributed by atoms with Crippen LogP contribution < -0.4 is 4.74 Å². The molecule has 0 spiro atoms. The van der Waals surface area contributed by atoms with Crippen LogP contribution in [0.25, 0.3) is 10.9 Å². The fourth-order valence-electron chi connectivity index (χ4n) is 2.09. The van der Waals surface area contributed by atoms with E-state index in [1.807, 2.05) is 6.07 Å². The van der Waals surface area contributed by atoms with Gasteiger partial charge in [-0.05, 0) is 44.6 Å². The van der Waals surface area contributed by atoms with Gasteiger partial charge in [-0.15, -0.1) is 0 Å². The van der Waals surface area contributed by atoms with Crippen molar-refractivity contribution in [3.8, 4) is 5.75 Å². The van der Waals surface area contributed by atoms with Gasteiger partial charge in [-0.1, -0.05) is 13.0 Å². The first-order valence-electron chi connectivity index (χ1n) is 6.59. The van der Waals surface area contributed by atoms with Gasteiger partial charge in [0.15, 0.2) is 0 Å².